The van der Waals surface area contributed by atoms with E-state index in [9.17, 15) is 4.79 Å². The molecule has 20 heavy (non-hydrogen) atoms. The van der Waals surface area contributed by atoms with Gasteiger partial charge in [-0.3, -0.25) is 9.78 Å². The van der Waals surface area contributed by atoms with Crippen LogP contribution in [-0.2, 0) is 6.42 Å². The van der Waals surface area contributed by atoms with E-state index in [2.05, 4.69) is 9.97 Å². The number of rotatable bonds is 4. The minimum atomic E-state index is -0.0419. The van der Waals surface area contributed by atoms with Crippen molar-refractivity contribution in [3.63, 3.8) is 0 Å². The minimum Gasteiger partial charge on any atom is -0.438 e. The molecule has 2 aromatic rings. The molecule has 0 N–H and O–H groups in total. The smallest absolute Gasteiger partial charge is 0.291 e. The molecule has 1 amide bonds. The molecule has 0 saturated carbocycles. The molecule has 0 radical (unpaired) electrons. The molecule has 1 unspecified atom stereocenters. The van der Waals surface area contributed by atoms with E-state index < -0.39 is 0 Å². The van der Waals surface area contributed by atoms with Crippen LogP contribution in [0.2, 0.25) is 0 Å². The SMILES string of the molecule is O=C(c1cnco1)N1CCCC1CCc1ccncc1. The second kappa shape index (κ2) is 5.86. The van der Waals surface area contributed by atoms with E-state index in [0.29, 0.717) is 11.8 Å². The van der Waals surface area contributed by atoms with Crippen LogP contribution in [0.5, 0.6) is 0 Å². The Morgan fingerprint density at radius 2 is 2.20 bits per heavy atom. The summed E-state index contributed by atoms with van der Waals surface area (Å²) in [5, 5.41) is 0. The summed E-state index contributed by atoms with van der Waals surface area (Å²) in [5.74, 6) is 0.292. The maximum atomic E-state index is 12.3. The number of oxazole rings is 1. The molecule has 5 heteroatoms. The van der Waals surface area contributed by atoms with Crippen LogP contribution in [0.3, 0.4) is 0 Å². The van der Waals surface area contributed by atoms with Crippen LogP contribution in [0.4, 0.5) is 0 Å². The number of pyridine rings is 1. The van der Waals surface area contributed by atoms with Gasteiger partial charge in [0.2, 0.25) is 5.76 Å². The largest absolute Gasteiger partial charge is 0.438 e. The molecule has 3 heterocycles. The van der Waals surface area contributed by atoms with Gasteiger partial charge in [-0.1, -0.05) is 0 Å². The molecule has 0 aromatic carbocycles. The number of aromatic nitrogens is 2. The number of carbonyl (C=O) groups is 1. The number of aryl methyl sites for hydroxylation is 1. The third-order valence-corrected chi connectivity index (χ3v) is 3.80. The molecular weight excluding hydrogens is 254 g/mol. The Labute approximate surface area is 117 Å². The fourth-order valence-corrected chi connectivity index (χ4v) is 2.75. The molecule has 1 aliphatic rings. The van der Waals surface area contributed by atoms with Gasteiger partial charge in [0, 0.05) is 25.0 Å². The number of hydrogen-bond donors (Lipinski definition) is 0. The molecule has 3 rings (SSSR count). The summed E-state index contributed by atoms with van der Waals surface area (Å²) in [7, 11) is 0. The normalized spacial score (nSPS) is 18.4. The monoisotopic (exact) mass is 271 g/mol. The molecule has 0 bridgehead atoms. The molecular formula is C15H17N3O2. The van der Waals surface area contributed by atoms with E-state index in [0.717, 1.165) is 32.2 Å². The van der Waals surface area contributed by atoms with Gasteiger partial charge < -0.3 is 9.32 Å². The summed E-state index contributed by atoms with van der Waals surface area (Å²) in [5.41, 5.74) is 1.26. The Bertz CT molecular complexity index is 554. The van der Waals surface area contributed by atoms with Crippen molar-refractivity contribution in [1.29, 1.82) is 0 Å². The lowest BCUT2D eigenvalue weighted by atomic mass is 10.0. The Morgan fingerprint density at radius 3 is 2.95 bits per heavy atom. The van der Waals surface area contributed by atoms with Gasteiger partial charge in [0.1, 0.15) is 0 Å². The van der Waals surface area contributed by atoms with E-state index in [1.807, 2.05) is 17.0 Å². The van der Waals surface area contributed by atoms with Crippen LogP contribution in [0.15, 0.2) is 41.5 Å². The Balaban J connectivity index is 1.63. The van der Waals surface area contributed by atoms with Gasteiger partial charge in [-0.2, -0.15) is 0 Å². The Kier molecular flexibility index (Phi) is 3.76. The van der Waals surface area contributed by atoms with E-state index in [1.54, 1.807) is 12.4 Å². The van der Waals surface area contributed by atoms with Gasteiger partial charge in [0.05, 0.1) is 6.20 Å². The molecule has 104 valence electrons. The highest BCUT2D eigenvalue weighted by molar-refractivity contribution is 5.91. The Hall–Kier alpha value is -2.17. The van der Waals surface area contributed by atoms with Crippen LogP contribution in [-0.4, -0.2) is 33.4 Å². The molecule has 1 saturated heterocycles. The van der Waals surface area contributed by atoms with Crippen LogP contribution in [0, 0.1) is 0 Å². The lowest BCUT2D eigenvalue weighted by molar-refractivity contribution is 0.0698. The van der Waals surface area contributed by atoms with Gasteiger partial charge >= 0.3 is 0 Å². The number of carbonyl (C=O) groups excluding carboxylic acids is 1. The van der Waals surface area contributed by atoms with Crippen molar-refractivity contribution in [3.8, 4) is 0 Å². The second-order valence-corrected chi connectivity index (χ2v) is 5.05. The molecule has 1 aliphatic heterocycles. The number of nitrogens with zero attached hydrogens (tertiary/aromatic N) is 3. The predicted molar refractivity (Wildman–Crippen MR) is 73.1 cm³/mol. The van der Waals surface area contributed by atoms with E-state index in [-0.39, 0.29) is 5.91 Å². The van der Waals surface area contributed by atoms with Crippen molar-refractivity contribution in [3.05, 3.63) is 48.4 Å². The maximum absolute atomic E-state index is 12.3. The van der Waals surface area contributed by atoms with E-state index in [4.69, 9.17) is 4.42 Å². The third kappa shape index (κ3) is 2.71. The fraction of sp³-hybridized carbons (Fsp3) is 0.400. The lowest BCUT2D eigenvalue weighted by Gasteiger charge is -2.23. The Morgan fingerprint density at radius 1 is 1.35 bits per heavy atom. The highest BCUT2D eigenvalue weighted by Crippen LogP contribution is 2.23. The summed E-state index contributed by atoms with van der Waals surface area (Å²) >= 11 is 0. The van der Waals surface area contributed by atoms with Crippen LogP contribution in [0.1, 0.15) is 35.4 Å². The standard InChI is InChI=1S/C15H17N3O2/c19-15(14-10-17-11-20-14)18-9-1-2-13(18)4-3-12-5-7-16-8-6-12/h5-8,10-11,13H,1-4,9H2. The zero-order valence-electron chi connectivity index (χ0n) is 11.2. The average Bonchev–Trinajstić information content (AvgIpc) is 3.17. The van der Waals surface area contributed by atoms with Crippen molar-refractivity contribution in [1.82, 2.24) is 14.9 Å². The molecule has 2 aromatic heterocycles. The van der Waals surface area contributed by atoms with Gasteiger partial charge in [-0.15, -0.1) is 0 Å². The maximum Gasteiger partial charge on any atom is 0.291 e. The van der Waals surface area contributed by atoms with Crippen molar-refractivity contribution in [2.45, 2.75) is 31.7 Å². The molecule has 5 nitrogen and oxygen atoms in total. The number of hydrogen-bond acceptors (Lipinski definition) is 4. The zero-order valence-corrected chi connectivity index (χ0v) is 11.2. The second-order valence-electron chi connectivity index (χ2n) is 5.05. The first-order valence-electron chi connectivity index (χ1n) is 6.93. The zero-order chi connectivity index (χ0) is 13.8. The number of likely N-dealkylation sites (tertiary alicyclic amines) is 1. The van der Waals surface area contributed by atoms with Crippen molar-refractivity contribution >= 4 is 5.91 Å². The first-order chi connectivity index (χ1) is 9.84. The van der Waals surface area contributed by atoms with Crippen molar-refractivity contribution < 1.29 is 9.21 Å². The van der Waals surface area contributed by atoms with Gasteiger partial charge in [0.25, 0.3) is 5.91 Å². The summed E-state index contributed by atoms with van der Waals surface area (Å²) in [6.45, 7) is 0.806. The van der Waals surface area contributed by atoms with Crippen molar-refractivity contribution in [2.24, 2.45) is 0 Å². The highest BCUT2D eigenvalue weighted by atomic mass is 16.3. The van der Waals surface area contributed by atoms with Gasteiger partial charge in [0.15, 0.2) is 6.39 Å². The van der Waals surface area contributed by atoms with Crippen molar-refractivity contribution in [2.75, 3.05) is 6.54 Å². The first kappa shape index (κ1) is 12.8. The third-order valence-electron chi connectivity index (χ3n) is 3.80. The summed E-state index contributed by atoms with van der Waals surface area (Å²) in [6, 6.07) is 4.34. The van der Waals surface area contributed by atoms with Gasteiger partial charge in [-0.25, -0.2) is 4.98 Å². The fourth-order valence-electron chi connectivity index (χ4n) is 2.75. The molecule has 1 atom stereocenters. The first-order valence-corrected chi connectivity index (χ1v) is 6.93. The van der Waals surface area contributed by atoms with Crippen LogP contribution in [0.25, 0.3) is 0 Å². The van der Waals surface area contributed by atoms with Gasteiger partial charge in [-0.05, 0) is 43.4 Å². The minimum absolute atomic E-state index is 0.0419. The summed E-state index contributed by atoms with van der Waals surface area (Å²) < 4.78 is 5.11. The molecule has 1 fully saturated rings. The van der Waals surface area contributed by atoms with E-state index in [1.165, 1.54) is 18.2 Å². The molecule has 0 aliphatic carbocycles. The molecule has 0 spiro atoms. The number of amides is 1. The quantitative estimate of drug-likeness (QED) is 0.856. The lowest BCUT2D eigenvalue weighted by Crippen LogP contribution is -2.35. The summed E-state index contributed by atoms with van der Waals surface area (Å²) in [4.78, 5) is 22.1. The summed E-state index contributed by atoms with van der Waals surface area (Å²) in [6.07, 6.45) is 10.5. The van der Waals surface area contributed by atoms with E-state index >= 15 is 0 Å². The predicted octanol–water partition coefficient (Wildman–Crippen LogP) is 2.31. The highest BCUT2D eigenvalue weighted by Gasteiger charge is 2.30. The average molecular weight is 271 g/mol. The van der Waals surface area contributed by atoms with Crippen LogP contribution < -0.4 is 0 Å². The topological polar surface area (TPSA) is 59.2 Å². The van der Waals surface area contributed by atoms with Crippen LogP contribution >= 0.6 is 0 Å².